The summed E-state index contributed by atoms with van der Waals surface area (Å²) in [5.74, 6) is -2.15. The first-order chi connectivity index (χ1) is 11.4. The first kappa shape index (κ1) is 15.7. The zero-order valence-corrected chi connectivity index (χ0v) is 11.9. The lowest BCUT2D eigenvalue weighted by Crippen LogP contribution is -2.05. The Labute approximate surface area is 132 Å². The van der Waals surface area contributed by atoms with Gasteiger partial charge in [0.2, 0.25) is 5.82 Å². The molecule has 10 heteroatoms. The molecule has 0 fully saturated rings. The maximum absolute atomic E-state index is 12.4. The van der Waals surface area contributed by atoms with E-state index in [1.807, 2.05) is 0 Å². The van der Waals surface area contributed by atoms with E-state index in [1.165, 1.54) is 24.7 Å². The van der Waals surface area contributed by atoms with Crippen LogP contribution in [0.2, 0.25) is 0 Å². The van der Waals surface area contributed by atoms with Crippen molar-refractivity contribution in [1.29, 1.82) is 0 Å². The fourth-order valence-corrected chi connectivity index (χ4v) is 1.80. The van der Waals surface area contributed by atoms with Crippen LogP contribution >= 0.6 is 0 Å². The van der Waals surface area contributed by atoms with Gasteiger partial charge < -0.3 is 14.2 Å². The lowest BCUT2D eigenvalue weighted by Gasteiger charge is -2.04. The van der Waals surface area contributed by atoms with E-state index in [9.17, 15) is 18.0 Å². The number of carbonyl (C=O) groups excluding carboxylic acids is 1. The van der Waals surface area contributed by atoms with E-state index < -0.39 is 18.0 Å². The molecule has 1 N–H and O–H groups in total. The van der Waals surface area contributed by atoms with Gasteiger partial charge in [-0.05, 0) is 5.56 Å². The molecule has 0 bridgehead atoms. The van der Waals surface area contributed by atoms with Crippen molar-refractivity contribution in [3.05, 3.63) is 53.9 Å². The molecule has 3 aromatic rings. The molecule has 0 radical (unpaired) electrons. The Morgan fingerprint density at radius 3 is 2.58 bits per heavy atom. The molecular formula is C14H9F3N4O3. The van der Waals surface area contributed by atoms with Gasteiger partial charge in [0.05, 0.1) is 12.5 Å². The molecule has 0 aliphatic carbocycles. The van der Waals surface area contributed by atoms with E-state index in [2.05, 4.69) is 24.6 Å². The van der Waals surface area contributed by atoms with Crippen molar-refractivity contribution < 1.29 is 27.2 Å². The van der Waals surface area contributed by atoms with Crippen LogP contribution in [0.3, 0.4) is 0 Å². The minimum Gasteiger partial charge on any atom is -0.456 e. The van der Waals surface area contributed by atoms with Gasteiger partial charge in [0, 0.05) is 5.56 Å². The predicted molar refractivity (Wildman–Crippen MR) is 72.4 cm³/mol. The molecular weight excluding hydrogens is 329 g/mol. The Bertz CT molecular complexity index is 826. The topological polar surface area (TPSA) is 93.9 Å². The zero-order chi connectivity index (χ0) is 17.2. The quantitative estimate of drug-likeness (QED) is 0.735. The summed E-state index contributed by atoms with van der Waals surface area (Å²) in [6.45, 7) is -0.00181. The fraction of sp³-hybridized carbons (Fsp3) is 0.143. The second kappa shape index (κ2) is 6.14. The van der Waals surface area contributed by atoms with E-state index in [4.69, 9.17) is 4.74 Å². The third-order valence-corrected chi connectivity index (χ3v) is 2.97. The second-order valence-corrected chi connectivity index (χ2v) is 4.66. The van der Waals surface area contributed by atoms with Gasteiger partial charge in [-0.2, -0.15) is 18.2 Å². The average Bonchev–Trinajstić information content (AvgIpc) is 3.23. The highest BCUT2D eigenvalue weighted by Gasteiger charge is 2.38. The van der Waals surface area contributed by atoms with Crippen LogP contribution in [0.4, 0.5) is 13.2 Å². The second-order valence-electron chi connectivity index (χ2n) is 4.66. The van der Waals surface area contributed by atoms with Crippen molar-refractivity contribution in [2.45, 2.75) is 12.8 Å². The Kier molecular flexibility index (Phi) is 4.02. The van der Waals surface area contributed by atoms with Crippen molar-refractivity contribution in [3.63, 3.8) is 0 Å². The van der Waals surface area contributed by atoms with Gasteiger partial charge in [0.15, 0.2) is 0 Å². The number of nitrogens with one attached hydrogen (secondary N) is 1. The minimum absolute atomic E-state index is 0.00181. The number of hydrogen-bond acceptors (Lipinski definition) is 6. The number of halogens is 3. The molecule has 2 aromatic heterocycles. The van der Waals surface area contributed by atoms with Crippen molar-refractivity contribution >= 4 is 5.97 Å². The molecule has 24 heavy (non-hydrogen) atoms. The molecule has 0 aliphatic rings. The number of nitrogens with zero attached hydrogens (tertiary/aromatic N) is 3. The fourth-order valence-electron chi connectivity index (χ4n) is 1.80. The molecule has 3 rings (SSSR count). The third-order valence-electron chi connectivity index (χ3n) is 2.97. The number of imidazole rings is 1. The molecule has 0 aliphatic heterocycles. The van der Waals surface area contributed by atoms with E-state index in [0.29, 0.717) is 11.1 Å². The van der Waals surface area contributed by atoms with E-state index >= 15 is 0 Å². The summed E-state index contributed by atoms with van der Waals surface area (Å²) in [5.41, 5.74) is 1.21. The highest BCUT2D eigenvalue weighted by molar-refractivity contribution is 5.86. The lowest BCUT2D eigenvalue weighted by molar-refractivity contribution is -0.159. The van der Waals surface area contributed by atoms with Gasteiger partial charge in [-0.1, -0.05) is 29.4 Å². The molecule has 1 aromatic carbocycles. The largest absolute Gasteiger partial charge is 0.471 e. The number of aromatic nitrogens is 4. The minimum atomic E-state index is -4.69. The van der Waals surface area contributed by atoms with Crippen LogP contribution in [0.15, 0.2) is 41.3 Å². The van der Waals surface area contributed by atoms with Crippen molar-refractivity contribution in [1.82, 2.24) is 20.1 Å². The monoisotopic (exact) mass is 338 g/mol. The smallest absolute Gasteiger partial charge is 0.456 e. The van der Waals surface area contributed by atoms with Gasteiger partial charge >= 0.3 is 18.0 Å². The van der Waals surface area contributed by atoms with Gasteiger partial charge in [-0.15, -0.1) is 0 Å². The molecule has 0 unspecified atom stereocenters. The summed E-state index contributed by atoms with van der Waals surface area (Å²) < 4.78 is 46.5. The Hall–Kier alpha value is -3.17. The van der Waals surface area contributed by atoms with Gasteiger partial charge in [-0.3, -0.25) is 0 Å². The number of rotatable bonds is 4. The number of aromatic amines is 1. The van der Waals surface area contributed by atoms with Gasteiger partial charge in [0.25, 0.3) is 0 Å². The summed E-state index contributed by atoms with van der Waals surface area (Å²) in [6.07, 6.45) is -2.00. The standard InChI is InChI=1S/C14H9F3N4O3/c15-14(16,17)13-20-11(21-24-13)9-3-1-8(2-4-9)6-23-12(22)10-5-18-7-19-10/h1-5,7H,6H2,(H,18,19). The van der Waals surface area contributed by atoms with Gasteiger partial charge in [0.1, 0.15) is 12.3 Å². The summed E-state index contributed by atoms with van der Waals surface area (Å²) >= 11 is 0. The molecule has 0 saturated heterocycles. The van der Waals surface area contributed by atoms with E-state index in [-0.39, 0.29) is 18.1 Å². The lowest BCUT2D eigenvalue weighted by atomic mass is 10.1. The van der Waals surface area contributed by atoms with Gasteiger partial charge in [-0.25, -0.2) is 9.78 Å². The number of carbonyl (C=O) groups is 1. The van der Waals surface area contributed by atoms with Crippen LogP contribution in [0.5, 0.6) is 0 Å². The molecule has 124 valence electrons. The highest BCUT2D eigenvalue weighted by atomic mass is 19.4. The number of ether oxygens (including phenoxy) is 1. The first-order valence-electron chi connectivity index (χ1n) is 6.59. The maximum atomic E-state index is 12.4. The first-order valence-corrected chi connectivity index (χ1v) is 6.59. The Morgan fingerprint density at radius 2 is 2.00 bits per heavy atom. The summed E-state index contributed by atoms with van der Waals surface area (Å²) in [4.78, 5) is 21.2. The van der Waals surface area contributed by atoms with Crippen LogP contribution in [0.25, 0.3) is 11.4 Å². The number of hydrogen-bond donors (Lipinski definition) is 1. The highest BCUT2D eigenvalue weighted by Crippen LogP contribution is 2.29. The normalized spacial score (nSPS) is 11.5. The summed E-state index contributed by atoms with van der Waals surface area (Å²) in [5, 5.41) is 3.29. The average molecular weight is 338 g/mol. The molecule has 0 amide bonds. The molecule has 0 saturated carbocycles. The summed E-state index contributed by atoms with van der Waals surface area (Å²) in [7, 11) is 0. The van der Waals surface area contributed by atoms with Crippen molar-refractivity contribution in [2.24, 2.45) is 0 Å². The van der Waals surface area contributed by atoms with Crippen molar-refractivity contribution in [3.8, 4) is 11.4 Å². The Balaban J connectivity index is 1.65. The van der Waals surface area contributed by atoms with E-state index in [0.717, 1.165) is 0 Å². The maximum Gasteiger partial charge on any atom is 0.471 e. The third kappa shape index (κ3) is 3.42. The number of alkyl halides is 3. The van der Waals surface area contributed by atoms with Crippen LogP contribution < -0.4 is 0 Å². The predicted octanol–water partition coefficient (Wildman–Crippen LogP) is 2.84. The molecule has 0 spiro atoms. The van der Waals surface area contributed by atoms with Crippen molar-refractivity contribution in [2.75, 3.05) is 0 Å². The van der Waals surface area contributed by atoms with Crippen LogP contribution in [-0.4, -0.2) is 26.1 Å². The molecule has 2 heterocycles. The number of H-pyrrole nitrogens is 1. The Morgan fingerprint density at radius 1 is 1.25 bits per heavy atom. The van der Waals surface area contributed by atoms with Crippen LogP contribution in [0, 0.1) is 0 Å². The number of esters is 1. The zero-order valence-electron chi connectivity index (χ0n) is 11.9. The SMILES string of the molecule is O=C(OCc1ccc(-c2noc(C(F)(F)F)n2)cc1)c1cnc[nH]1. The summed E-state index contributed by atoms with van der Waals surface area (Å²) in [6, 6.07) is 6.17. The molecule has 0 atom stereocenters. The van der Waals surface area contributed by atoms with Crippen LogP contribution in [0.1, 0.15) is 21.9 Å². The van der Waals surface area contributed by atoms with Crippen LogP contribution in [-0.2, 0) is 17.5 Å². The molecule has 7 nitrogen and oxygen atoms in total. The number of benzene rings is 1. The van der Waals surface area contributed by atoms with E-state index in [1.54, 1.807) is 12.1 Å².